The number of carbonyl (C=O) groups excluding carboxylic acids is 1. The van der Waals surface area contributed by atoms with E-state index in [1.165, 1.54) is 0 Å². The fourth-order valence-electron chi connectivity index (χ4n) is 3.09. The Balaban J connectivity index is 1.77. The molecule has 0 radical (unpaired) electrons. The summed E-state index contributed by atoms with van der Waals surface area (Å²) in [6.45, 7) is 5.70. The predicted molar refractivity (Wildman–Crippen MR) is 109 cm³/mol. The minimum absolute atomic E-state index is 0.265. The fraction of sp³-hybridized carbons (Fsp3) is 0.364. The third-order valence-corrected chi connectivity index (χ3v) is 4.38. The summed E-state index contributed by atoms with van der Waals surface area (Å²) in [4.78, 5) is 12.3. The number of nitrogens with one attached hydrogen (secondary N) is 1. The van der Waals surface area contributed by atoms with Crippen molar-refractivity contribution >= 4 is 17.0 Å². The molecular weight excluding hydrogens is 354 g/mol. The number of benzene rings is 2. The summed E-state index contributed by atoms with van der Waals surface area (Å²) in [5.41, 5.74) is 1.36. The van der Waals surface area contributed by atoms with Gasteiger partial charge >= 0.3 is 6.09 Å². The zero-order valence-corrected chi connectivity index (χ0v) is 16.5. The highest BCUT2D eigenvalue weighted by Crippen LogP contribution is 2.15. The molecule has 2 atom stereocenters. The van der Waals surface area contributed by atoms with Crippen molar-refractivity contribution < 1.29 is 14.6 Å². The number of fused-ring (bicyclic) bond motifs is 1. The van der Waals surface area contributed by atoms with Crippen LogP contribution in [0.2, 0.25) is 0 Å². The van der Waals surface area contributed by atoms with Gasteiger partial charge in [-0.05, 0) is 38.8 Å². The van der Waals surface area contributed by atoms with E-state index in [4.69, 9.17) is 4.74 Å². The lowest BCUT2D eigenvalue weighted by atomic mass is 10.0. The van der Waals surface area contributed by atoms with Gasteiger partial charge in [-0.25, -0.2) is 4.79 Å². The van der Waals surface area contributed by atoms with Gasteiger partial charge in [0.1, 0.15) is 5.60 Å². The van der Waals surface area contributed by atoms with E-state index in [9.17, 15) is 9.90 Å². The van der Waals surface area contributed by atoms with Crippen LogP contribution in [-0.2, 0) is 17.7 Å². The molecule has 6 heteroatoms. The number of alkyl carbamates (subject to hydrolysis) is 1. The van der Waals surface area contributed by atoms with Gasteiger partial charge in [-0.15, -0.1) is 0 Å². The van der Waals surface area contributed by atoms with Crippen LogP contribution in [0.25, 0.3) is 10.9 Å². The lowest BCUT2D eigenvalue weighted by molar-refractivity contribution is 0.0400. The molecule has 1 heterocycles. The van der Waals surface area contributed by atoms with Crippen LogP contribution in [0.15, 0.2) is 60.8 Å². The molecule has 0 aliphatic rings. The lowest BCUT2D eigenvalue weighted by Gasteiger charge is -2.27. The molecule has 6 nitrogen and oxygen atoms in total. The maximum Gasteiger partial charge on any atom is 0.407 e. The summed E-state index contributed by atoms with van der Waals surface area (Å²) >= 11 is 0. The van der Waals surface area contributed by atoms with Gasteiger partial charge in [0, 0.05) is 5.39 Å². The van der Waals surface area contributed by atoms with Crippen molar-refractivity contribution in [3.8, 4) is 0 Å². The van der Waals surface area contributed by atoms with Gasteiger partial charge in [-0.1, -0.05) is 48.5 Å². The second-order valence-corrected chi connectivity index (χ2v) is 7.90. The van der Waals surface area contributed by atoms with Gasteiger partial charge in [0.25, 0.3) is 0 Å². The average Bonchev–Trinajstić information content (AvgIpc) is 3.03. The van der Waals surface area contributed by atoms with E-state index in [-0.39, 0.29) is 6.54 Å². The van der Waals surface area contributed by atoms with Gasteiger partial charge in [0.2, 0.25) is 0 Å². The Bertz CT molecular complexity index is 915. The maximum absolute atomic E-state index is 12.3. The summed E-state index contributed by atoms with van der Waals surface area (Å²) in [6.07, 6.45) is 0.879. The minimum atomic E-state index is -0.837. The van der Waals surface area contributed by atoms with E-state index in [1.54, 1.807) is 10.9 Å². The summed E-state index contributed by atoms with van der Waals surface area (Å²) in [5, 5.41) is 19.1. The fourth-order valence-corrected chi connectivity index (χ4v) is 3.09. The first-order valence-electron chi connectivity index (χ1n) is 9.44. The molecule has 28 heavy (non-hydrogen) atoms. The van der Waals surface area contributed by atoms with Crippen LogP contribution in [0.1, 0.15) is 26.3 Å². The van der Waals surface area contributed by atoms with Crippen molar-refractivity contribution in [3.63, 3.8) is 0 Å². The number of hydrogen-bond acceptors (Lipinski definition) is 4. The third-order valence-electron chi connectivity index (χ3n) is 4.38. The van der Waals surface area contributed by atoms with Crippen molar-refractivity contribution in [1.29, 1.82) is 0 Å². The molecule has 1 aromatic heterocycles. The first-order chi connectivity index (χ1) is 13.3. The number of amides is 1. The Morgan fingerprint density at radius 2 is 1.82 bits per heavy atom. The number of rotatable bonds is 6. The number of aliphatic hydroxyl groups is 1. The first kappa shape index (κ1) is 19.9. The highest BCUT2D eigenvalue weighted by molar-refractivity contribution is 5.78. The molecule has 0 bridgehead atoms. The van der Waals surface area contributed by atoms with Crippen molar-refractivity contribution in [2.45, 2.75) is 51.5 Å². The highest BCUT2D eigenvalue weighted by atomic mass is 16.6. The minimum Gasteiger partial charge on any atom is -0.444 e. The van der Waals surface area contributed by atoms with Crippen LogP contribution in [-0.4, -0.2) is 38.7 Å². The molecule has 0 fully saturated rings. The van der Waals surface area contributed by atoms with Crippen LogP contribution in [0.4, 0.5) is 4.79 Å². The van der Waals surface area contributed by atoms with Gasteiger partial charge in [0.15, 0.2) is 0 Å². The zero-order valence-electron chi connectivity index (χ0n) is 16.5. The van der Waals surface area contributed by atoms with Crippen LogP contribution in [0, 0.1) is 0 Å². The van der Waals surface area contributed by atoms with E-state index in [0.717, 1.165) is 16.5 Å². The van der Waals surface area contributed by atoms with E-state index < -0.39 is 23.8 Å². The number of carbonyl (C=O) groups is 1. The molecule has 0 spiro atoms. The number of para-hydroxylation sites is 1. The standard InChI is InChI=1S/C22H27N3O3/c1-22(2,3)28-21(27)24-18(13-16-9-5-4-6-10-16)20(26)15-25-19-12-8-7-11-17(19)14-23-25/h4-12,14,18,20,26H,13,15H2,1-3H3,(H,24,27)/t18-,20-/m1/s1. The van der Waals surface area contributed by atoms with Gasteiger partial charge in [-0.2, -0.15) is 5.10 Å². The monoisotopic (exact) mass is 381 g/mol. The third kappa shape index (κ3) is 5.33. The molecule has 148 valence electrons. The number of aliphatic hydroxyl groups excluding tert-OH is 1. The number of aromatic nitrogens is 2. The highest BCUT2D eigenvalue weighted by Gasteiger charge is 2.26. The first-order valence-corrected chi connectivity index (χ1v) is 9.44. The van der Waals surface area contributed by atoms with Crippen molar-refractivity contribution in [2.24, 2.45) is 0 Å². The van der Waals surface area contributed by atoms with Gasteiger partial charge in [-0.3, -0.25) is 4.68 Å². The van der Waals surface area contributed by atoms with Crippen molar-refractivity contribution in [3.05, 3.63) is 66.4 Å². The Hall–Kier alpha value is -2.86. The topological polar surface area (TPSA) is 76.4 Å². The average molecular weight is 381 g/mol. The molecule has 3 rings (SSSR count). The smallest absolute Gasteiger partial charge is 0.407 e. The molecule has 0 aliphatic heterocycles. The van der Waals surface area contributed by atoms with Crippen LogP contribution in [0.3, 0.4) is 0 Å². The number of hydrogen-bond donors (Lipinski definition) is 2. The quantitative estimate of drug-likeness (QED) is 0.685. The Morgan fingerprint density at radius 1 is 1.14 bits per heavy atom. The van der Waals surface area contributed by atoms with Crippen LogP contribution in [0.5, 0.6) is 0 Å². The molecule has 0 aliphatic carbocycles. The molecule has 3 aromatic rings. The molecule has 0 saturated carbocycles. The molecule has 0 unspecified atom stereocenters. The zero-order chi connectivity index (χ0) is 20.1. The van der Waals surface area contributed by atoms with Crippen molar-refractivity contribution in [2.75, 3.05) is 0 Å². The molecular formula is C22H27N3O3. The van der Waals surface area contributed by atoms with Crippen LogP contribution < -0.4 is 5.32 Å². The second kappa shape index (κ2) is 8.44. The summed E-state index contributed by atoms with van der Waals surface area (Å²) in [5.74, 6) is 0. The van der Waals surface area contributed by atoms with Crippen molar-refractivity contribution in [1.82, 2.24) is 15.1 Å². The van der Waals surface area contributed by atoms with E-state index >= 15 is 0 Å². The normalized spacial score (nSPS) is 13.9. The van der Waals surface area contributed by atoms with Gasteiger partial charge in [0.05, 0.1) is 30.4 Å². The number of nitrogens with zero attached hydrogens (tertiary/aromatic N) is 2. The molecule has 2 aromatic carbocycles. The summed E-state index contributed by atoms with van der Waals surface area (Å²) in [6, 6.07) is 17.1. The lowest BCUT2D eigenvalue weighted by Crippen LogP contribution is -2.48. The number of ether oxygens (including phenoxy) is 1. The molecule has 1 amide bonds. The Morgan fingerprint density at radius 3 is 2.54 bits per heavy atom. The second-order valence-electron chi connectivity index (χ2n) is 7.90. The largest absolute Gasteiger partial charge is 0.444 e. The summed E-state index contributed by atoms with van der Waals surface area (Å²) < 4.78 is 7.14. The van der Waals surface area contributed by atoms with Crippen LogP contribution >= 0.6 is 0 Å². The Labute approximate surface area is 165 Å². The van der Waals surface area contributed by atoms with E-state index in [0.29, 0.717) is 6.42 Å². The SMILES string of the molecule is CC(C)(C)OC(=O)N[C@H](Cc1ccccc1)[C@H](O)Cn1ncc2ccccc21. The van der Waals surface area contributed by atoms with E-state index in [2.05, 4.69) is 10.4 Å². The molecule has 2 N–H and O–H groups in total. The van der Waals surface area contributed by atoms with Gasteiger partial charge < -0.3 is 15.2 Å². The molecule has 0 saturated heterocycles. The Kier molecular flexibility index (Phi) is 5.99. The summed E-state index contributed by atoms with van der Waals surface area (Å²) in [7, 11) is 0. The maximum atomic E-state index is 12.3. The van der Waals surface area contributed by atoms with E-state index in [1.807, 2.05) is 75.4 Å². The predicted octanol–water partition coefficient (Wildman–Crippen LogP) is 3.53.